The highest BCUT2D eigenvalue weighted by Gasteiger charge is 2.13. The summed E-state index contributed by atoms with van der Waals surface area (Å²) in [4.78, 5) is 25.2. The second-order valence-electron chi connectivity index (χ2n) is 7.46. The minimum atomic E-state index is -0.236. The minimum absolute atomic E-state index is 0.236. The van der Waals surface area contributed by atoms with Crippen molar-refractivity contribution >= 4 is 23.2 Å². The number of nitrogens with one attached hydrogen (secondary N) is 2. The number of anilines is 2. The van der Waals surface area contributed by atoms with Gasteiger partial charge < -0.3 is 20.1 Å². The van der Waals surface area contributed by atoms with Crippen molar-refractivity contribution in [3.05, 3.63) is 108 Å². The third-order valence-corrected chi connectivity index (χ3v) is 5.32. The van der Waals surface area contributed by atoms with Crippen molar-refractivity contribution in [1.82, 2.24) is 0 Å². The lowest BCUT2D eigenvalue weighted by molar-refractivity contribution is 0.101. The highest BCUT2D eigenvalue weighted by atomic mass is 16.5. The van der Waals surface area contributed by atoms with Crippen molar-refractivity contribution in [1.29, 1.82) is 0 Å². The molecule has 0 bridgehead atoms. The molecule has 0 spiro atoms. The topological polar surface area (TPSA) is 76.7 Å². The van der Waals surface area contributed by atoms with Gasteiger partial charge in [0.2, 0.25) is 0 Å². The molecule has 170 valence electrons. The maximum Gasteiger partial charge on any atom is 0.259 e. The summed E-state index contributed by atoms with van der Waals surface area (Å²) in [6, 6.07) is 29.3. The second-order valence-corrected chi connectivity index (χ2v) is 7.46. The van der Waals surface area contributed by atoms with Crippen molar-refractivity contribution in [2.45, 2.75) is 0 Å². The lowest BCUT2D eigenvalue weighted by Crippen LogP contribution is -2.13. The third kappa shape index (κ3) is 5.07. The number of hydrogen-bond acceptors (Lipinski definition) is 4. The number of methoxy groups -OCH3 is 2. The molecule has 0 aliphatic carbocycles. The monoisotopic (exact) mass is 452 g/mol. The molecule has 4 aromatic rings. The van der Waals surface area contributed by atoms with E-state index in [9.17, 15) is 9.59 Å². The van der Waals surface area contributed by atoms with E-state index in [1.807, 2.05) is 60.7 Å². The van der Waals surface area contributed by atoms with Crippen molar-refractivity contribution in [3.63, 3.8) is 0 Å². The zero-order valence-electron chi connectivity index (χ0n) is 18.9. The van der Waals surface area contributed by atoms with Crippen LogP contribution < -0.4 is 20.1 Å². The fourth-order valence-electron chi connectivity index (χ4n) is 3.55. The summed E-state index contributed by atoms with van der Waals surface area (Å²) >= 11 is 0. The van der Waals surface area contributed by atoms with E-state index in [0.717, 1.165) is 11.1 Å². The van der Waals surface area contributed by atoms with Gasteiger partial charge in [0.05, 0.1) is 25.3 Å². The first kappa shape index (κ1) is 22.6. The molecule has 0 atom stereocenters. The molecule has 0 aliphatic rings. The fraction of sp³-hybridized carbons (Fsp3) is 0.0714. The zero-order valence-corrected chi connectivity index (χ0v) is 18.9. The lowest BCUT2D eigenvalue weighted by Gasteiger charge is -2.11. The summed E-state index contributed by atoms with van der Waals surface area (Å²) in [5.74, 6) is 0.574. The normalized spacial score (nSPS) is 10.3. The average Bonchev–Trinajstić information content (AvgIpc) is 2.89. The van der Waals surface area contributed by atoms with Gasteiger partial charge in [0, 0.05) is 11.4 Å². The van der Waals surface area contributed by atoms with E-state index in [1.54, 1.807) is 36.4 Å². The van der Waals surface area contributed by atoms with Crippen molar-refractivity contribution < 1.29 is 19.1 Å². The van der Waals surface area contributed by atoms with Crippen molar-refractivity contribution in [3.8, 4) is 22.6 Å². The Morgan fingerprint density at radius 1 is 0.529 bits per heavy atom. The Bertz CT molecular complexity index is 1200. The number of rotatable bonds is 7. The quantitative estimate of drug-likeness (QED) is 0.367. The molecule has 2 amide bonds. The van der Waals surface area contributed by atoms with E-state index < -0.39 is 0 Å². The molecule has 34 heavy (non-hydrogen) atoms. The van der Waals surface area contributed by atoms with Gasteiger partial charge in [0.15, 0.2) is 0 Å². The van der Waals surface area contributed by atoms with Crippen LogP contribution in [0.25, 0.3) is 11.1 Å². The minimum Gasteiger partial charge on any atom is -0.496 e. The summed E-state index contributed by atoms with van der Waals surface area (Å²) in [6.45, 7) is 0. The number of amides is 2. The molecule has 0 fully saturated rings. The van der Waals surface area contributed by atoms with Crippen LogP contribution in [0.5, 0.6) is 11.5 Å². The number of carbonyl (C=O) groups excluding carboxylic acids is 2. The van der Waals surface area contributed by atoms with E-state index in [-0.39, 0.29) is 11.8 Å². The van der Waals surface area contributed by atoms with Crippen LogP contribution in [0.4, 0.5) is 11.4 Å². The van der Waals surface area contributed by atoms with Gasteiger partial charge in [0.1, 0.15) is 11.5 Å². The Balaban J connectivity index is 1.42. The first-order valence-corrected chi connectivity index (χ1v) is 10.7. The number of hydrogen-bond donors (Lipinski definition) is 2. The van der Waals surface area contributed by atoms with Crippen molar-refractivity contribution in [2.24, 2.45) is 0 Å². The molecule has 0 heterocycles. The van der Waals surface area contributed by atoms with E-state index in [1.165, 1.54) is 14.2 Å². The smallest absolute Gasteiger partial charge is 0.259 e. The Labute approximate surface area is 198 Å². The van der Waals surface area contributed by atoms with Crippen LogP contribution in [0.15, 0.2) is 97.1 Å². The Morgan fingerprint density at radius 2 is 0.882 bits per heavy atom. The van der Waals surface area contributed by atoms with Crippen LogP contribution in [-0.2, 0) is 0 Å². The predicted octanol–water partition coefficient (Wildman–Crippen LogP) is 5.88. The van der Waals surface area contributed by atoms with E-state index in [2.05, 4.69) is 10.6 Å². The fourth-order valence-corrected chi connectivity index (χ4v) is 3.55. The highest BCUT2D eigenvalue weighted by molar-refractivity contribution is 6.07. The van der Waals surface area contributed by atoms with Crippen LogP contribution in [0.2, 0.25) is 0 Å². The van der Waals surface area contributed by atoms with Gasteiger partial charge in [-0.15, -0.1) is 0 Å². The van der Waals surface area contributed by atoms with E-state index in [4.69, 9.17) is 9.47 Å². The highest BCUT2D eigenvalue weighted by Crippen LogP contribution is 2.25. The first-order chi connectivity index (χ1) is 16.6. The molecule has 2 N–H and O–H groups in total. The molecule has 0 aliphatic heterocycles. The van der Waals surface area contributed by atoms with Gasteiger partial charge in [-0.1, -0.05) is 48.5 Å². The zero-order chi connectivity index (χ0) is 23.9. The molecule has 0 aromatic heterocycles. The van der Waals surface area contributed by atoms with E-state index in [0.29, 0.717) is 34.0 Å². The Morgan fingerprint density at radius 3 is 1.24 bits per heavy atom. The van der Waals surface area contributed by atoms with Crippen LogP contribution in [0, 0.1) is 0 Å². The molecule has 6 heteroatoms. The van der Waals surface area contributed by atoms with Gasteiger partial charge >= 0.3 is 0 Å². The van der Waals surface area contributed by atoms with Crippen LogP contribution >= 0.6 is 0 Å². The molecular formula is C28H24N2O4. The van der Waals surface area contributed by atoms with Crippen LogP contribution in [0.1, 0.15) is 20.7 Å². The molecule has 4 aromatic carbocycles. The van der Waals surface area contributed by atoms with Gasteiger partial charge in [-0.25, -0.2) is 0 Å². The predicted molar refractivity (Wildman–Crippen MR) is 134 cm³/mol. The van der Waals surface area contributed by atoms with Gasteiger partial charge in [-0.2, -0.15) is 0 Å². The number of carbonyl (C=O) groups is 2. The van der Waals surface area contributed by atoms with Gasteiger partial charge in [-0.3, -0.25) is 9.59 Å². The molecular weight excluding hydrogens is 428 g/mol. The summed E-state index contributed by atoms with van der Waals surface area (Å²) in [6.07, 6.45) is 0. The third-order valence-electron chi connectivity index (χ3n) is 5.32. The molecule has 0 saturated heterocycles. The molecule has 0 saturated carbocycles. The molecule has 0 unspecified atom stereocenters. The maximum absolute atomic E-state index is 12.6. The summed E-state index contributed by atoms with van der Waals surface area (Å²) in [5, 5.41) is 5.78. The summed E-state index contributed by atoms with van der Waals surface area (Å²) in [5.41, 5.74) is 4.27. The van der Waals surface area contributed by atoms with Crippen LogP contribution in [-0.4, -0.2) is 26.0 Å². The standard InChI is InChI=1S/C28H24N2O4/c1-33-25-9-5-3-7-23(25)27(31)29-21-15-11-19(12-16-21)20-13-17-22(18-14-20)30-28(32)24-8-4-6-10-26(24)34-2/h3-18H,1-2H3,(H,29,31)(H,30,32). The number of benzene rings is 4. The largest absolute Gasteiger partial charge is 0.496 e. The van der Waals surface area contributed by atoms with E-state index >= 15 is 0 Å². The van der Waals surface area contributed by atoms with Gasteiger partial charge in [-0.05, 0) is 59.7 Å². The summed E-state index contributed by atoms with van der Waals surface area (Å²) < 4.78 is 10.5. The SMILES string of the molecule is COc1ccccc1C(=O)Nc1ccc(-c2ccc(NC(=O)c3ccccc3OC)cc2)cc1. The van der Waals surface area contributed by atoms with Crippen molar-refractivity contribution in [2.75, 3.05) is 24.9 Å². The number of ether oxygens (including phenoxy) is 2. The molecule has 6 nitrogen and oxygen atoms in total. The average molecular weight is 453 g/mol. The van der Waals surface area contributed by atoms with Crippen LogP contribution in [0.3, 0.4) is 0 Å². The first-order valence-electron chi connectivity index (χ1n) is 10.7. The Kier molecular flexibility index (Phi) is 6.89. The molecule has 0 radical (unpaired) electrons. The van der Waals surface area contributed by atoms with Gasteiger partial charge in [0.25, 0.3) is 11.8 Å². The second kappa shape index (κ2) is 10.4. The maximum atomic E-state index is 12.6. The molecule has 4 rings (SSSR count). The lowest BCUT2D eigenvalue weighted by atomic mass is 10.0. The number of para-hydroxylation sites is 2. The Hall–Kier alpha value is -4.58. The summed E-state index contributed by atoms with van der Waals surface area (Å²) in [7, 11) is 3.08.